The number of ether oxygens (including phenoxy) is 1. The number of hydrogen-bond acceptors (Lipinski definition) is 5. The number of carbonyl (C=O) groups is 1. The second kappa shape index (κ2) is 6.50. The van der Waals surface area contributed by atoms with Crippen molar-refractivity contribution in [3.63, 3.8) is 0 Å². The average molecular weight is 317 g/mol. The summed E-state index contributed by atoms with van der Waals surface area (Å²) in [6.45, 7) is 7.44. The van der Waals surface area contributed by atoms with E-state index in [0.29, 0.717) is 5.56 Å². The molecule has 1 unspecified atom stereocenters. The summed E-state index contributed by atoms with van der Waals surface area (Å²) in [5.74, 6) is -0.455. The highest BCUT2D eigenvalue weighted by Crippen LogP contribution is 2.42. The summed E-state index contributed by atoms with van der Waals surface area (Å²) in [4.78, 5) is 16.4. The standard InChI is InChI=1S/C17H23N3O3/c1-5-23-15(21)16(3,4)17(22,10-20-12-18-11-19-20)14-8-6-13(2)7-9-14/h6-9,11-12,22H,5,10H2,1-4H3. The zero-order valence-corrected chi connectivity index (χ0v) is 14.0. The smallest absolute Gasteiger partial charge is 0.314 e. The summed E-state index contributed by atoms with van der Waals surface area (Å²) in [6.07, 6.45) is 2.91. The third-order valence-corrected chi connectivity index (χ3v) is 4.21. The van der Waals surface area contributed by atoms with Gasteiger partial charge in [0, 0.05) is 0 Å². The summed E-state index contributed by atoms with van der Waals surface area (Å²) in [5, 5.41) is 15.5. The van der Waals surface area contributed by atoms with Crippen molar-refractivity contribution in [2.45, 2.75) is 39.8 Å². The van der Waals surface area contributed by atoms with E-state index in [1.165, 1.54) is 17.3 Å². The normalized spacial score (nSPS) is 14.3. The highest BCUT2D eigenvalue weighted by Gasteiger charge is 2.51. The molecule has 1 atom stereocenters. The van der Waals surface area contributed by atoms with Crippen molar-refractivity contribution < 1.29 is 14.6 Å². The minimum absolute atomic E-state index is 0.0991. The Morgan fingerprint density at radius 2 is 1.96 bits per heavy atom. The first kappa shape index (κ1) is 17.1. The van der Waals surface area contributed by atoms with Crippen LogP contribution in [-0.4, -0.2) is 32.4 Å². The topological polar surface area (TPSA) is 77.2 Å². The van der Waals surface area contributed by atoms with Crippen LogP contribution in [0.3, 0.4) is 0 Å². The van der Waals surface area contributed by atoms with E-state index in [1.54, 1.807) is 20.8 Å². The molecule has 0 aliphatic heterocycles. The van der Waals surface area contributed by atoms with Gasteiger partial charge < -0.3 is 9.84 Å². The predicted octanol–water partition coefficient (Wildman–Crippen LogP) is 2.06. The van der Waals surface area contributed by atoms with Gasteiger partial charge in [0.05, 0.1) is 18.6 Å². The Kier molecular flexibility index (Phi) is 4.85. The molecule has 6 nitrogen and oxygen atoms in total. The van der Waals surface area contributed by atoms with Crippen LogP contribution in [0.5, 0.6) is 0 Å². The third kappa shape index (κ3) is 3.27. The van der Waals surface area contributed by atoms with E-state index in [2.05, 4.69) is 10.1 Å². The number of rotatable bonds is 6. The maximum Gasteiger partial charge on any atom is 0.314 e. The lowest BCUT2D eigenvalue weighted by Gasteiger charge is -2.41. The molecule has 1 aromatic heterocycles. The molecule has 23 heavy (non-hydrogen) atoms. The number of aliphatic hydroxyl groups is 1. The van der Waals surface area contributed by atoms with Crippen molar-refractivity contribution >= 4 is 5.97 Å². The number of aromatic nitrogens is 3. The van der Waals surface area contributed by atoms with Gasteiger partial charge in [0.15, 0.2) is 0 Å². The first-order valence-corrected chi connectivity index (χ1v) is 7.60. The summed E-state index contributed by atoms with van der Waals surface area (Å²) in [6, 6.07) is 7.46. The lowest BCUT2D eigenvalue weighted by molar-refractivity contribution is -0.175. The van der Waals surface area contributed by atoms with Gasteiger partial charge >= 0.3 is 5.97 Å². The van der Waals surface area contributed by atoms with Crippen molar-refractivity contribution in [3.8, 4) is 0 Å². The Labute approximate surface area is 136 Å². The Bertz CT molecular complexity index is 650. The van der Waals surface area contributed by atoms with Gasteiger partial charge in [0.1, 0.15) is 18.3 Å². The Morgan fingerprint density at radius 1 is 1.30 bits per heavy atom. The maximum absolute atomic E-state index is 12.5. The van der Waals surface area contributed by atoms with E-state index in [9.17, 15) is 9.90 Å². The minimum atomic E-state index is -1.49. The van der Waals surface area contributed by atoms with Crippen LogP contribution >= 0.6 is 0 Å². The molecule has 6 heteroatoms. The van der Waals surface area contributed by atoms with Crippen molar-refractivity contribution in [2.75, 3.05) is 6.61 Å². The van der Waals surface area contributed by atoms with Crippen LogP contribution < -0.4 is 0 Å². The molecule has 1 N–H and O–H groups in total. The van der Waals surface area contributed by atoms with Crippen molar-refractivity contribution in [1.82, 2.24) is 14.8 Å². The first-order chi connectivity index (χ1) is 10.8. The molecule has 0 aliphatic carbocycles. The van der Waals surface area contributed by atoms with Crippen LogP contribution in [0.15, 0.2) is 36.9 Å². The summed E-state index contributed by atoms with van der Waals surface area (Å²) < 4.78 is 6.69. The molecule has 0 spiro atoms. The molecule has 2 aromatic rings. The fourth-order valence-electron chi connectivity index (χ4n) is 2.51. The number of aryl methyl sites for hydroxylation is 1. The molecule has 0 bridgehead atoms. The maximum atomic E-state index is 12.5. The Hall–Kier alpha value is -2.21. The Morgan fingerprint density at radius 3 is 2.48 bits per heavy atom. The van der Waals surface area contributed by atoms with Gasteiger partial charge in [0.2, 0.25) is 0 Å². The molecule has 1 heterocycles. The third-order valence-electron chi connectivity index (χ3n) is 4.21. The van der Waals surface area contributed by atoms with E-state index in [1.807, 2.05) is 31.2 Å². The quantitative estimate of drug-likeness (QED) is 0.825. The van der Waals surface area contributed by atoms with Crippen LogP contribution in [0, 0.1) is 12.3 Å². The molecule has 0 saturated carbocycles. The Balaban J connectivity index is 2.49. The monoisotopic (exact) mass is 317 g/mol. The molecule has 0 radical (unpaired) electrons. The number of nitrogens with zero attached hydrogens (tertiary/aromatic N) is 3. The molecule has 0 amide bonds. The lowest BCUT2D eigenvalue weighted by atomic mass is 9.70. The fraction of sp³-hybridized carbons (Fsp3) is 0.471. The molecule has 1 aromatic carbocycles. The largest absolute Gasteiger partial charge is 0.465 e. The average Bonchev–Trinajstić information content (AvgIpc) is 3.00. The van der Waals surface area contributed by atoms with Gasteiger partial charge in [0.25, 0.3) is 0 Å². The van der Waals surface area contributed by atoms with Crippen LogP contribution in [0.1, 0.15) is 31.9 Å². The lowest BCUT2D eigenvalue weighted by Crippen LogP contribution is -2.50. The van der Waals surface area contributed by atoms with Crippen LogP contribution in [0.2, 0.25) is 0 Å². The first-order valence-electron chi connectivity index (χ1n) is 7.60. The molecule has 2 rings (SSSR count). The molecule has 0 fully saturated rings. The molecule has 0 aliphatic rings. The molecular formula is C17H23N3O3. The van der Waals surface area contributed by atoms with E-state index in [0.717, 1.165) is 5.56 Å². The summed E-state index contributed by atoms with van der Waals surface area (Å²) >= 11 is 0. The van der Waals surface area contributed by atoms with Crippen molar-refractivity contribution in [2.24, 2.45) is 5.41 Å². The number of carbonyl (C=O) groups excluding carboxylic acids is 1. The predicted molar refractivity (Wildman–Crippen MR) is 85.5 cm³/mol. The molecule has 124 valence electrons. The van der Waals surface area contributed by atoms with Gasteiger partial charge in [-0.25, -0.2) is 9.67 Å². The fourth-order valence-corrected chi connectivity index (χ4v) is 2.51. The SMILES string of the molecule is CCOC(=O)C(C)(C)C(O)(Cn1cncn1)c1ccc(C)cc1. The van der Waals surface area contributed by atoms with Crippen LogP contribution in [0.4, 0.5) is 0 Å². The van der Waals surface area contributed by atoms with Gasteiger partial charge in [-0.15, -0.1) is 0 Å². The van der Waals surface area contributed by atoms with Gasteiger partial charge in [-0.2, -0.15) is 5.10 Å². The number of esters is 1. The van der Waals surface area contributed by atoms with Gasteiger partial charge in [-0.1, -0.05) is 29.8 Å². The minimum Gasteiger partial charge on any atom is -0.465 e. The van der Waals surface area contributed by atoms with E-state index < -0.39 is 17.0 Å². The van der Waals surface area contributed by atoms with Gasteiger partial charge in [-0.05, 0) is 33.3 Å². The van der Waals surface area contributed by atoms with Crippen LogP contribution in [0.25, 0.3) is 0 Å². The van der Waals surface area contributed by atoms with E-state index in [-0.39, 0.29) is 13.2 Å². The van der Waals surface area contributed by atoms with Crippen molar-refractivity contribution in [3.05, 3.63) is 48.0 Å². The summed E-state index contributed by atoms with van der Waals surface area (Å²) in [7, 11) is 0. The second-order valence-corrected chi connectivity index (χ2v) is 6.16. The number of hydrogen-bond donors (Lipinski definition) is 1. The van der Waals surface area contributed by atoms with Crippen molar-refractivity contribution in [1.29, 1.82) is 0 Å². The second-order valence-electron chi connectivity index (χ2n) is 6.16. The highest BCUT2D eigenvalue weighted by molar-refractivity contribution is 5.78. The number of benzene rings is 1. The summed E-state index contributed by atoms with van der Waals surface area (Å²) in [5.41, 5.74) is -0.937. The highest BCUT2D eigenvalue weighted by atomic mass is 16.5. The zero-order valence-electron chi connectivity index (χ0n) is 14.0. The molecular weight excluding hydrogens is 294 g/mol. The van der Waals surface area contributed by atoms with Crippen LogP contribution in [-0.2, 0) is 21.7 Å². The molecule has 0 saturated heterocycles. The van der Waals surface area contributed by atoms with E-state index in [4.69, 9.17) is 4.74 Å². The van der Waals surface area contributed by atoms with Gasteiger partial charge in [-0.3, -0.25) is 4.79 Å². The van der Waals surface area contributed by atoms with E-state index >= 15 is 0 Å². The zero-order chi connectivity index (χ0) is 17.1.